The van der Waals surface area contributed by atoms with Crippen LogP contribution in [0.15, 0.2) is 47.4 Å². The van der Waals surface area contributed by atoms with E-state index in [1.165, 1.54) is 31.4 Å². The molecule has 35 heavy (non-hydrogen) atoms. The summed E-state index contributed by atoms with van der Waals surface area (Å²) < 4.78 is 32.9. The highest BCUT2D eigenvalue weighted by Gasteiger charge is 2.25. The zero-order valence-corrected chi connectivity index (χ0v) is 20.2. The van der Waals surface area contributed by atoms with E-state index < -0.39 is 10.0 Å². The van der Waals surface area contributed by atoms with Crippen LogP contribution in [0.4, 0.5) is 23.3 Å². The highest BCUT2D eigenvalue weighted by molar-refractivity contribution is 7.92. The number of rotatable bonds is 7. The van der Waals surface area contributed by atoms with E-state index in [2.05, 4.69) is 25.0 Å². The average molecular weight is 501 g/mol. The molecule has 1 saturated heterocycles. The summed E-state index contributed by atoms with van der Waals surface area (Å²) >= 11 is 0. The lowest BCUT2D eigenvalue weighted by molar-refractivity contribution is 0.376. The van der Waals surface area contributed by atoms with Gasteiger partial charge in [0.15, 0.2) is 0 Å². The van der Waals surface area contributed by atoms with E-state index in [0.29, 0.717) is 31.1 Å². The fourth-order valence-electron chi connectivity index (χ4n) is 3.72. The number of benzene rings is 2. The van der Waals surface area contributed by atoms with Gasteiger partial charge in [0.25, 0.3) is 10.0 Å². The Bertz CT molecular complexity index is 1290. The summed E-state index contributed by atoms with van der Waals surface area (Å²) in [6.45, 7) is 2.94. The molecule has 13 heteroatoms. The van der Waals surface area contributed by atoms with Gasteiger partial charge in [-0.05, 0) is 37.6 Å². The van der Waals surface area contributed by atoms with Gasteiger partial charge in [-0.3, -0.25) is 4.72 Å². The van der Waals surface area contributed by atoms with Crippen molar-refractivity contribution >= 4 is 33.3 Å². The predicted molar refractivity (Wildman–Crippen MR) is 133 cm³/mol. The molecule has 0 bridgehead atoms. The Morgan fingerprint density at radius 3 is 2.37 bits per heavy atom. The number of nitrogens with one attached hydrogen (secondary N) is 2. The maximum absolute atomic E-state index is 12.6. The van der Waals surface area contributed by atoms with Gasteiger partial charge in [-0.1, -0.05) is 17.7 Å². The van der Waals surface area contributed by atoms with Crippen molar-refractivity contribution in [2.24, 2.45) is 11.5 Å². The molecule has 0 saturated carbocycles. The number of hydrogen-bond acceptors (Lipinski definition) is 11. The second kappa shape index (κ2) is 9.90. The molecule has 0 aliphatic carbocycles. The van der Waals surface area contributed by atoms with Gasteiger partial charge in [-0.15, -0.1) is 0 Å². The van der Waals surface area contributed by atoms with E-state index in [0.717, 1.165) is 5.56 Å². The average Bonchev–Trinajstić information content (AvgIpc) is 2.80. The molecule has 0 spiro atoms. The second-order valence-electron chi connectivity index (χ2n) is 8.38. The molecule has 4 rings (SSSR count). The zero-order valence-electron chi connectivity index (χ0n) is 19.3. The summed E-state index contributed by atoms with van der Waals surface area (Å²) in [6.07, 6.45) is 0.711. The standard InChI is InChI=1S/C22H28N8O4S/c1-13-3-6-17(7-4-13)35(32,33)29-18-8-5-16(10-19(18)31)25-20-26-21(28-22(27-20)34-2)30-11-14(23)9-15(24)12-30/h3-8,10,14-15,29,31H,9,11-12,23-24H2,1-2H3,(H,25,26,27,28)/t14-,15+. The molecule has 7 N–H and O–H groups in total. The number of phenolic OH excluding ortho intramolecular Hbond substituents is 1. The maximum Gasteiger partial charge on any atom is 0.322 e. The molecule has 0 amide bonds. The lowest BCUT2D eigenvalue weighted by Crippen LogP contribution is -2.52. The molecule has 0 unspecified atom stereocenters. The number of nitrogens with two attached hydrogens (primary N) is 2. The summed E-state index contributed by atoms with van der Waals surface area (Å²) in [5, 5.41) is 13.4. The van der Waals surface area contributed by atoms with E-state index >= 15 is 0 Å². The van der Waals surface area contributed by atoms with Gasteiger partial charge >= 0.3 is 6.01 Å². The van der Waals surface area contributed by atoms with Crippen LogP contribution in [0.2, 0.25) is 0 Å². The van der Waals surface area contributed by atoms with Crippen molar-refractivity contribution in [2.75, 3.05) is 35.1 Å². The summed E-state index contributed by atoms with van der Waals surface area (Å²) in [7, 11) is -2.42. The largest absolute Gasteiger partial charge is 0.506 e. The van der Waals surface area contributed by atoms with Crippen LogP contribution in [0.25, 0.3) is 0 Å². The summed E-state index contributed by atoms with van der Waals surface area (Å²) in [5.74, 6) is 0.253. The molecular formula is C22H28N8O4S. The second-order valence-corrected chi connectivity index (χ2v) is 10.1. The summed E-state index contributed by atoms with van der Waals surface area (Å²) in [6, 6.07) is 10.6. The van der Waals surface area contributed by atoms with Crippen LogP contribution >= 0.6 is 0 Å². The summed E-state index contributed by atoms with van der Waals surface area (Å²) in [5.41, 5.74) is 13.6. The van der Waals surface area contributed by atoms with E-state index in [-0.39, 0.29) is 40.4 Å². The van der Waals surface area contributed by atoms with Crippen LogP contribution in [0, 0.1) is 6.92 Å². The first-order chi connectivity index (χ1) is 16.6. The number of phenols is 1. The molecule has 2 atom stereocenters. The van der Waals surface area contributed by atoms with E-state index in [1.807, 2.05) is 11.8 Å². The fraction of sp³-hybridized carbons (Fsp3) is 0.318. The monoisotopic (exact) mass is 500 g/mol. The van der Waals surface area contributed by atoms with Crippen LogP contribution in [0.1, 0.15) is 12.0 Å². The molecule has 3 aromatic rings. The normalized spacial score (nSPS) is 18.2. The molecule has 186 valence electrons. The topological polar surface area (TPSA) is 182 Å². The number of aryl methyl sites for hydroxylation is 1. The van der Waals surface area contributed by atoms with Crippen LogP contribution in [-0.4, -0.2) is 60.8 Å². The fourth-order valence-corrected chi connectivity index (χ4v) is 4.80. The van der Waals surface area contributed by atoms with Gasteiger partial charge in [-0.25, -0.2) is 8.42 Å². The van der Waals surface area contributed by atoms with Crippen molar-refractivity contribution in [3.63, 3.8) is 0 Å². The minimum absolute atomic E-state index is 0.0290. The first-order valence-electron chi connectivity index (χ1n) is 10.9. The number of ether oxygens (including phenoxy) is 1. The molecule has 2 aromatic carbocycles. The predicted octanol–water partition coefficient (Wildman–Crippen LogP) is 1.30. The summed E-state index contributed by atoms with van der Waals surface area (Å²) in [4.78, 5) is 14.9. The van der Waals surface area contributed by atoms with Gasteiger partial charge in [-0.2, -0.15) is 15.0 Å². The Kier molecular flexibility index (Phi) is 6.91. The smallest absolute Gasteiger partial charge is 0.322 e. The maximum atomic E-state index is 12.6. The number of methoxy groups -OCH3 is 1. The minimum atomic E-state index is -3.87. The number of piperidine rings is 1. The molecule has 1 aromatic heterocycles. The number of aromatic hydroxyl groups is 1. The number of hydrogen-bond donors (Lipinski definition) is 5. The Hall–Kier alpha value is -3.68. The van der Waals surface area contributed by atoms with Gasteiger partial charge in [0, 0.05) is 36.9 Å². The van der Waals surface area contributed by atoms with Gasteiger partial charge in [0.05, 0.1) is 17.7 Å². The van der Waals surface area contributed by atoms with Crippen molar-refractivity contribution in [1.29, 1.82) is 0 Å². The van der Waals surface area contributed by atoms with Crippen LogP contribution in [0.3, 0.4) is 0 Å². The van der Waals surface area contributed by atoms with Crippen molar-refractivity contribution in [1.82, 2.24) is 15.0 Å². The van der Waals surface area contributed by atoms with Gasteiger partial charge in [0.2, 0.25) is 11.9 Å². The molecule has 2 heterocycles. The highest BCUT2D eigenvalue weighted by atomic mass is 32.2. The molecule has 0 radical (unpaired) electrons. The third kappa shape index (κ3) is 5.88. The Labute approximate surface area is 203 Å². The number of aromatic nitrogens is 3. The lowest BCUT2D eigenvalue weighted by Gasteiger charge is -2.34. The first kappa shape index (κ1) is 24.4. The van der Waals surface area contributed by atoms with E-state index in [1.54, 1.807) is 18.2 Å². The van der Waals surface area contributed by atoms with Crippen molar-refractivity contribution in [3.8, 4) is 11.8 Å². The van der Waals surface area contributed by atoms with Crippen LogP contribution in [0.5, 0.6) is 11.8 Å². The van der Waals surface area contributed by atoms with Gasteiger partial charge in [0.1, 0.15) is 5.75 Å². The van der Waals surface area contributed by atoms with E-state index in [9.17, 15) is 13.5 Å². The first-order valence-corrected chi connectivity index (χ1v) is 12.4. The minimum Gasteiger partial charge on any atom is -0.506 e. The molecule has 1 aliphatic heterocycles. The van der Waals surface area contributed by atoms with Crippen LogP contribution in [-0.2, 0) is 10.0 Å². The van der Waals surface area contributed by atoms with Crippen molar-refractivity contribution in [2.45, 2.75) is 30.3 Å². The quantitative estimate of drug-likeness (QED) is 0.295. The molecule has 1 aliphatic rings. The van der Waals surface area contributed by atoms with Crippen molar-refractivity contribution < 1.29 is 18.3 Å². The highest BCUT2D eigenvalue weighted by Crippen LogP contribution is 2.30. The zero-order chi connectivity index (χ0) is 25.2. The Morgan fingerprint density at radius 2 is 1.74 bits per heavy atom. The number of anilines is 4. The van der Waals surface area contributed by atoms with Crippen LogP contribution < -0.4 is 31.1 Å². The Morgan fingerprint density at radius 1 is 1.06 bits per heavy atom. The number of nitrogens with zero attached hydrogens (tertiary/aromatic N) is 4. The lowest BCUT2D eigenvalue weighted by atomic mass is 10.0. The third-order valence-electron chi connectivity index (χ3n) is 5.41. The third-order valence-corrected chi connectivity index (χ3v) is 6.79. The molecule has 12 nitrogen and oxygen atoms in total. The Balaban J connectivity index is 1.54. The number of sulfonamides is 1. The molecular weight excluding hydrogens is 472 g/mol. The SMILES string of the molecule is COc1nc(Nc2ccc(NS(=O)(=O)c3ccc(C)cc3)c(O)c2)nc(N2C[C@H](N)C[C@H](N)C2)n1. The van der Waals surface area contributed by atoms with Gasteiger partial charge < -0.3 is 31.5 Å². The van der Waals surface area contributed by atoms with Crippen molar-refractivity contribution in [3.05, 3.63) is 48.0 Å². The molecule has 1 fully saturated rings. The van der Waals surface area contributed by atoms with E-state index in [4.69, 9.17) is 16.2 Å².